The quantitative estimate of drug-likeness (QED) is 0.837. The van der Waals surface area contributed by atoms with Gasteiger partial charge in [0.05, 0.1) is 6.42 Å². The smallest absolute Gasteiger partial charge is 0.249 e. The molecule has 3 heterocycles. The number of thiophene rings is 1. The van der Waals surface area contributed by atoms with Gasteiger partial charge in [-0.05, 0) is 37.1 Å². The van der Waals surface area contributed by atoms with Gasteiger partial charge in [0.25, 0.3) is 0 Å². The van der Waals surface area contributed by atoms with Crippen molar-refractivity contribution in [3.8, 4) is 0 Å². The van der Waals surface area contributed by atoms with Gasteiger partial charge in [-0.1, -0.05) is 30.5 Å². The van der Waals surface area contributed by atoms with Gasteiger partial charge in [0, 0.05) is 17.3 Å². The lowest BCUT2D eigenvalue weighted by Gasteiger charge is -2.21. The Morgan fingerprint density at radius 1 is 1.25 bits per heavy atom. The van der Waals surface area contributed by atoms with Crippen molar-refractivity contribution in [1.29, 1.82) is 0 Å². The molecule has 6 heteroatoms. The number of nitrogens with zero attached hydrogens (tertiary/aromatic N) is 3. The predicted molar refractivity (Wildman–Crippen MR) is 91.8 cm³/mol. The van der Waals surface area contributed by atoms with Crippen LogP contribution in [-0.4, -0.2) is 27.5 Å². The van der Waals surface area contributed by atoms with Crippen molar-refractivity contribution >= 4 is 17.2 Å². The zero-order valence-corrected chi connectivity index (χ0v) is 14.6. The molecule has 1 aliphatic heterocycles. The molecule has 2 aliphatic rings. The van der Waals surface area contributed by atoms with Gasteiger partial charge in [-0.25, -0.2) is 0 Å². The monoisotopic (exact) mass is 345 g/mol. The van der Waals surface area contributed by atoms with E-state index in [1.165, 1.54) is 19.3 Å². The second kappa shape index (κ2) is 7.05. The summed E-state index contributed by atoms with van der Waals surface area (Å²) in [7, 11) is 0. The van der Waals surface area contributed by atoms with Crippen LogP contribution in [0.25, 0.3) is 0 Å². The van der Waals surface area contributed by atoms with E-state index in [2.05, 4.69) is 10.1 Å². The third-order valence-corrected chi connectivity index (χ3v) is 6.07. The van der Waals surface area contributed by atoms with Crippen molar-refractivity contribution in [3.63, 3.8) is 0 Å². The predicted octanol–water partition coefficient (Wildman–Crippen LogP) is 4.09. The maximum absolute atomic E-state index is 12.6. The van der Waals surface area contributed by atoms with E-state index in [4.69, 9.17) is 4.52 Å². The third kappa shape index (κ3) is 3.24. The molecule has 0 bridgehead atoms. The molecule has 24 heavy (non-hydrogen) atoms. The zero-order chi connectivity index (χ0) is 16.4. The minimum Gasteiger partial charge on any atom is -0.337 e. The van der Waals surface area contributed by atoms with Crippen molar-refractivity contribution in [2.75, 3.05) is 6.54 Å². The maximum Gasteiger partial charge on any atom is 0.249 e. The lowest BCUT2D eigenvalue weighted by atomic mass is 9.89. The van der Waals surface area contributed by atoms with E-state index in [9.17, 15) is 4.79 Å². The van der Waals surface area contributed by atoms with E-state index in [1.807, 2.05) is 22.4 Å². The van der Waals surface area contributed by atoms with E-state index < -0.39 is 0 Å². The van der Waals surface area contributed by atoms with Crippen LogP contribution in [0, 0.1) is 0 Å². The number of rotatable bonds is 4. The van der Waals surface area contributed by atoms with Crippen molar-refractivity contribution in [3.05, 3.63) is 34.1 Å². The number of hydrogen-bond acceptors (Lipinski definition) is 5. The van der Waals surface area contributed by atoms with Gasteiger partial charge in [-0.15, -0.1) is 11.3 Å². The maximum atomic E-state index is 12.6. The van der Waals surface area contributed by atoms with Crippen LogP contribution in [0.1, 0.15) is 73.5 Å². The molecule has 2 fully saturated rings. The molecule has 4 rings (SSSR count). The van der Waals surface area contributed by atoms with Crippen molar-refractivity contribution in [1.82, 2.24) is 15.0 Å². The summed E-state index contributed by atoms with van der Waals surface area (Å²) < 4.78 is 5.57. The number of carbonyl (C=O) groups excluding carboxylic acids is 1. The topological polar surface area (TPSA) is 59.2 Å². The standard InChI is InChI=1S/C18H23N3O2S/c22-16(12-14-8-5-11-24-14)21-10-4-9-15(21)18-19-17(20-23-18)13-6-2-1-3-7-13/h5,8,11,13,15H,1-4,6-7,9-10,12H2/t15-/m0/s1. The highest BCUT2D eigenvalue weighted by atomic mass is 32.1. The van der Waals surface area contributed by atoms with Crippen LogP contribution in [0.5, 0.6) is 0 Å². The normalized spacial score (nSPS) is 22.2. The van der Waals surface area contributed by atoms with Crippen LogP contribution in [0.15, 0.2) is 22.0 Å². The van der Waals surface area contributed by atoms with Gasteiger partial charge in [0.15, 0.2) is 5.82 Å². The van der Waals surface area contributed by atoms with E-state index >= 15 is 0 Å². The average Bonchev–Trinajstić information content (AvgIpc) is 3.36. The summed E-state index contributed by atoms with van der Waals surface area (Å²) in [5.74, 6) is 2.08. The molecule has 0 radical (unpaired) electrons. The molecule has 1 saturated heterocycles. The minimum absolute atomic E-state index is 0.0395. The van der Waals surface area contributed by atoms with Gasteiger partial charge in [0.1, 0.15) is 6.04 Å². The molecule has 1 saturated carbocycles. The molecule has 0 spiro atoms. The van der Waals surface area contributed by atoms with E-state index in [1.54, 1.807) is 11.3 Å². The first-order valence-corrected chi connectivity index (χ1v) is 9.84. The first-order chi connectivity index (χ1) is 11.8. The molecule has 5 nitrogen and oxygen atoms in total. The first kappa shape index (κ1) is 15.8. The highest BCUT2D eigenvalue weighted by Gasteiger charge is 2.34. The molecular weight excluding hydrogens is 322 g/mol. The van der Waals surface area contributed by atoms with Crippen molar-refractivity contribution in [2.45, 2.75) is 63.3 Å². The third-order valence-electron chi connectivity index (χ3n) is 5.19. The average molecular weight is 345 g/mol. The second-order valence-corrected chi connectivity index (χ2v) is 7.86. The van der Waals surface area contributed by atoms with E-state index in [-0.39, 0.29) is 11.9 Å². The molecule has 128 valence electrons. The summed E-state index contributed by atoms with van der Waals surface area (Å²) in [5.41, 5.74) is 0. The Morgan fingerprint density at radius 2 is 2.12 bits per heavy atom. The van der Waals surface area contributed by atoms with Crippen LogP contribution >= 0.6 is 11.3 Å². The van der Waals surface area contributed by atoms with Crippen molar-refractivity contribution in [2.24, 2.45) is 0 Å². The summed E-state index contributed by atoms with van der Waals surface area (Å²) in [6.07, 6.45) is 8.53. The Labute approximate surface area is 146 Å². The van der Waals surface area contributed by atoms with Crippen molar-refractivity contribution < 1.29 is 9.32 Å². The molecule has 0 N–H and O–H groups in total. The summed E-state index contributed by atoms with van der Waals surface area (Å²) in [6.45, 7) is 0.788. The molecule has 0 aromatic carbocycles. The second-order valence-electron chi connectivity index (χ2n) is 6.83. The minimum atomic E-state index is -0.0395. The number of amides is 1. The largest absolute Gasteiger partial charge is 0.337 e. The number of likely N-dealkylation sites (tertiary alicyclic amines) is 1. The Bertz CT molecular complexity index is 676. The van der Waals surface area contributed by atoms with Crippen LogP contribution in [0.4, 0.5) is 0 Å². The molecule has 1 amide bonds. The van der Waals surface area contributed by atoms with E-state index in [0.717, 1.165) is 42.9 Å². The van der Waals surface area contributed by atoms with E-state index in [0.29, 0.717) is 18.2 Å². The van der Waals surface area contributed by atoms with Crippen LogP contribution in [0.2, 0.25) is 0 Å². The Morgan fingerprint density at radius 3 is 2.92 bits per heavy atom. The zero-order valence-electron chi connectivity index (χ0n) is 13.8. The van der Waals surface area contributed by atoms with Gasteiger partial charge < -0.3 is 9.42 Å². The molecule has 1 atom stereocenters. The summed E-state index contributed by atoms with van der Waals surface area (Å²) in [6, 6.07) is 3.97. The van der Waals surface area contributed by atoms with Gasteiger partial charge in [-0.2, -0.15) is 4.98 Å². The highest BCUT2D eigenvalue weighted by Crippen LogP contribution is 2.35. The van der Waals surface area contributed by atoms with Crippen LogP contribution in [-0.2, 0) is 11.2 Å². The number of hydrogen-bond donors (Lipinski definition) is 0. The summed E-state index contributed by atoms with van der Waals surface area (Å²) in [4.78, 5) is 20.4. The molecule has 2 aromatic rings. The van der Waals surface area contributed by atoms with Gasteiger partial charge in [-0.3, -0.25) is 4.79 Å². The number of carbonyl (C=O) groups is 1. The summed E-state index contributed by atoms with van der Waals surface area (Å²) in [5, 5.41) is 6.24. The highest BCUT2D eigenvalue weighted by molar-refractivity contribution is 7.10. The van der Waals surface area contributed by atoms with Gasteiger partial charge in [0.2, 0.25) is 11.8 Å². The Hall–Kier alpha value is -1.69. The molecular formula is C18H23N3O2S. The lowest BCUT2D eigenvalue weighted by molar-refractivity contribution is -0.131. The fourth-order valence-electron chi connectivity index (χ4n) is 3.89. The molecule has 2 aromatic heterocycles. The fraction of sp³-hybridized carbons (Fsp3) is 0.611. The van der Waals surface area contributed by atoms with Crippen LogP contribution in [0.3, 0.4) is 0 Å². The number of aromatic nitrogens is 2. The van der Waals surface area contributed by atoms with Crippen LogP contribution < -0.4 is 0 Å². The Kier molecular flexibility index (Phi) is 4.65. The molecule has 0 unspecified atom stereocenters. The van der Waals surface area contributed by atoms with Gasteiger partial charge >= 0.3 is 0 Å². The molecule has 1 aliphatic carbocycles. The fourth-order valence-corrected chi connectivity index (χ4v) is 4.59. The lowest BCUT2D eigenvalue weighted by Crippen LogP contribution is -2.31. The summed E-state index contributed by atoms with van der Waals surface area (Å²) >= 11 is 1.63. The Balaban J connectivity index is 1.46. The first-order valence-electron chi connectivity index (χ1n) is 8.96. The SMILES string of the molecule is O=C(Cc1cccs1)N1CCC[C@H]1c1nc(C2CCCCC2)no1.